The number of aliphatic hydroxyl groups is 1. The highest BCUT2D eigenvalue weighted by Crippen LogP contribution is 2.21. The lowest BCUT2D eigenvalue weighted by Gasteiger charge is -2.13. The molecule has 0 heterocycles. The van der Waals surface area contributed by atoms with Crippen LogP contribution < -0.4 is 0 Å². The van der Waals surface area contributed by atoms with Gasteiger partial charge >= 0.3 is 11.9 Å². The zero-order valence-electron chi connectivity index (χ0n) is 15.7. The molecule has 0 saturated heterocycles. The third kappa shape index (κ3) is 8.29. The van der Waals surface area contributed by atoms with Crippen LogP contribution in [0.4, 0.5) is 0 Å². The van der Waals surface area contributed by atoms with Crippen molar-refractivity contribution in [1.82, 2.24) is 0 Å². The second kappa shape index (κ2) is 11.5. The van der Waals surface area contributed by atoms with Gasteiger partial charge in [-0.1, -0.05) is 37.2 Å². The van der Waals surface area contributed by atoms with Gasteiger partial charge < -0.3 is 19.8 Å². The van der Waals surface area contributed by atoms with Gasteiger partial charge in [-0.25, -0.2) is 4.79 Å². The number of hydrogen-bond acceptors (Lipinski definition) is 6. The summed E-state index contributed by atoms with van der Waals surface area (Å²) in [7, 11) is 1.37. The summed E-state index contributed by atoms with van der Waals surface area (Å²) in [5, 5.41) is 23.0. The first-order valence-corrected chi connectivity index (χ1v) is 8.89. The molecule has 7 heteroatoms. The number of carbonyl (C=O) groups is 2. The van der Waals surface area contributed by atoms with Crippen molar-refractivity contribution in [3.05, 3.63) is 23.8 Å². The minimum atomic E-state index is -1.04. The van der Waals surface area contributed by atoms with Gasteiger partial charge in [-0.3, -0.25) is 4.79 Å². The highest BCUT2D eigenvalue weighted by atomic mass is 16.6. The lowest BCUT2D eigenvalue weighted by atomic mass is 10.1. The van der Waals surface area contributed by atoms with E-state index in [9.17, 15) is 19.8 Å². The number of carboxylic acids is 1. The molecule has 0 bridgehead atoms. The summed E-state index contributed by atoms with van der Waals surface area (Å²) < 4.78 is 4.58. The van der Waals surface area contributed by atoms with E-state index in [1.54, 1.807) is 6.08 Å². The number of aliphatic hydroxyl groups excluding tert-OH is 1. The van der Waals surface area contributed by atoms with Crippen molar-refractivity contribution in [2.24, 2.45) is 11.1 Å². The number of methoxy groups -OCH3 is 1. The molecule has 0 saturated carbocycles. The molecule has 0 spiro atoms. The number of carbonyl (C=O) groups excluding carboxylic acids is 1. The molecular formula is C19H29NO6. The van der Waals surface area contributed by atoms with Crippen molar-refractivity contribution < 1.29 is 29.4 Å². The van der Waals surface area contributed by atoms with Crippen LogP contribution in [0, 0.1) is 5.92 Å². The fourth-order valence-corrected chi connectivity index (χ4v) is 2.54. The number of oxime groups is 1. The Labute approximate surface area is 154 Å². The van der Waals surface area contributed by atoms with Gasteiger partial charge in [-0.15, -0.1) is 0 Å². The second-order valence-electron chi connectivity index (χ2n) is 6.71. The van der Waals surface area contributed by atoms with Crippen LogP contribution in [-0.2, 0) is 19.2 Å². The average Bonchev–Trinajstić information content (AvgIpc) is 2.93. The van der Waals surface area contributed by atoms with Crippen LogP contribution in [0.1, 0.15) is 52.4 Å². The molecule has 0 amide bonds. The Morgan fingerprint density at radius 1 is 1.38 bits per heavy atom. The maximum absolute atomic E-state index is 11.2. The maximum atomic E-state index is 11.2. The smallest absolute Gasteiger partial charge is 0.347 e. The molecule has 0 aromatic heterocycles. The van der Waals surface area contributed by atoms with Crippen LogP contribution in [0.3, 0.4) is 0 Å². The first-order chi connectivity index (χ1) is 12.3. The normalized spacial score (nSPS) is 19.8. The average molecular weight is 367 g/mol. The Balaban J connectivity index is 2.54. The topological polar surface area (TPSA) is 105 Å². The Kier molecular flexibility index (Phi) is 9.65. The van der Waals surface area contributed by atoms with E-state index in [4.69, 9.17) is 4.84 Å². The number of hydrogen-bond donors (Lipinski definition) is 2. The third-order valence-electron chi connectivity index (χ3n) is 3.90. The Morgan fingerprint density at radius 2 is 2.12 bits per heavy atom. The number of rotatable bonds is 11. The van der Waals surface area contributed by atoms with E-state index in [1.165, 1.54) is 7.11 Å². The molecule has 7 nitrogen and oxygen atoms in total. The molecular weight excluding hydrogens is 338 g/mol. The Bertz CT molecular complexity index is 564. The highest BCUT2D eigenvalue weighted by Gasteiger charge is 2.24. The molecule has 0 aromatic rings. The van der Waals surface area contributed by atoms with Crippen molar-refractivity contribution in [2.45, 2.75) is 64.6 Å². The van der Waals surface area contributed by atoms with Gasteiger partial charge in [0.2, 0.25) is 6.10 Å². The monoisotopic (exact) mass is 367 g/mol. The summed E-state index contributed by atoms with van der Waals surface area (Å²) in [4.78, 5) is 27.5. The molecule has 2 atom stereocenters. The molecule has 2 N–H and O–H groups in total. The zero-order valence-corrected chi connectivity index (χ0v) is 15.7. The lowest BCUT2D eigenvalue weighted by Crippen LogP contribution is -2.24. The van der Waals surface area contributed by atoms with Crippen LogP contribution in [-0.4, -0.2) is 47.2 Å². The standard InChI is InChI=1S/C19H29NO6/c1-13(2)10-17(19(23)24)26-20-16-12-15(21)11-14(16)8-6-4-5-7-9-18(22)25-3/h4,6,11,13,15,17,21H,5,7-10,12H2,1-3H3,(H,23,24)/b6-4-,20-16?/t15-,17?/m0/s1. The van der Waals surface area contributed by atoms with E-state index in [2.05, 4.69) is 9.89 Å². The zero-order chi connectivity index (χ0) is 19.5. The summed E-state index contributed by atoms with van der Waals surface area (Å²) in [6.45, 7) is 3.84. The van der Waals surface area contributed by atoms with Crippen molar-refractivity contribution in [1.29, 1.82) is 0 Å². The van der Waals surface area contributed by atoms with Gasteiger partial charge in [0.15, 0.2) is 0 Å². The number of aliphatic carboxylic acids is 1. The number of esters is 1. The van der Waals surface area contributed by atoms with E-state index in [0.717, 1.165) is 12.0 Å². The fourth-order valence-electron chi connectivity index (χ4n) is 2.54. The first kappa shape index (κ1) is 21.9. The predicted octanol–water partition coefficient (Wildman–Crippen LogP) is 2.84. The fraction of sp³-hybridized carbons (Fsp3) is 0.632. The van der Waals surface area contributed by atoms with Crippen LogP contribution in [0.5, 0.6) is 0 Å². The Morgan fingerprint density at radius 3 is 2.73 bits per heavy atom. The number of unbranched alkanes of at least 4 members (excludes halogenated alkanes) is 1. The predicted molar refractivity (Wildman–Crippen MR) is 97.7 cm³/mol. The van der Waals surface area contributed by atoms with Gasteiger partial charge in [0.25, 0.3) is 0 Å². The quantitative estimate of drug-likeness (QED) is 0.252. The second-order valence-corrected chi connectivity index (χ2v) is 6.71. The molecule has 26 heavy (non-hydrogen) atoms. The van der Waals surface area contributed by atoms with E-state index >= 15 is 0 Å². The maximum Gasteiger partial charge on any atom is 0.347 e. The van der Waals surface area contributed by atoms with Gasteiger partial charge in [0, 0.05) is 19.3 Å². The van der Waals surface area contributed by atoms with Crippen molar-refractivity contribution in [3.63, 3.8) is 0 Å². The summed E-state index contributed by atoms with van der Waals surface area (Å²) in [5.41, 5.74) is 1.40. The van der Waals surface area contributed by atoms with Crippen LogP contribution >= 0.6 is 0 Å². The molecule has 0 radical (unpaired) electrons. The van der Waals surface area contributed by atoms with Crippen LogP contribution in [0.2, 0.25) is 0 Å². The number of carboxylic acid groups (broad SMARTS) is 1. The van der Waals surface area contributed by atoms with Crippen molar-refractivity contribution in [3.8, 4) is 0 Å². The van der Waals surface area contributed by atoms with E-state index in [-0.39, 0.29) is 11.9 Å². The summed E-state index contributed by atoms with van der Waals surface area (Å²) in [5.74, 6) is -1.09. The van der Waals surface area contributed by atoms with Gasteiger partial charge in [-0.05, 0) is 30.8 Å². The molecule has 1 aliphatic rings. The molecule has 1 unspecified atom stereocenters. The molecule has 0 aromatic carbocycles. The number of ether oxygens (including phenoxy) is 1. The molecule has 0 aliphatic heterocycles. The Hall–Kier alpha value is -2.15. The number of nitrogens with zero attached hydrogens (tertiary/aromatic N) is 1. The molecule has 0 fully saturated rings. The van der Waals surface area contributed by atoms with E-state index in [0.29, 0.717) is 37.8 Å². The summed E-state index contributed by atoms with van der Waals surface area (Å²) in [6.07, 6.45) is 7.10. The highest BCUT2D eigenvalue weighted by molar-refractivity contribution is 6.02. The largest absolute Gasteiger partial charge is 0.478 e. The first-order valence-electron chi connectivity index (χ1n) is 8.89. The van der Waals surface area contributed by atoms with Crippen LogP contribution in [0.25, 0.3) is 0 Å². The molecule has 146 valence electrons. The van der Waals surface area contributed by atoms with Crippen molar-refractivity contribution >= 4 is 17.7 Å². The van der Waals surface area contributed by atoms with Gasteiger partial charge in [0.1, 0.15) is 0 Å². The van der Waals surface area contributed by atoms with E-state index in [1.807, 2.05) is 26.0 Å². The minimum Gasteiger partial charge on any atom is -0.478 e. The van der Waals surface area contributed by atoms with Crippen molar-refractivity contribution in [2.75, 3.05) is 7.11 Å². The molecule has 1 aliphatic carbocycles. The van der Waals surface area contributed by atoms with Gasteiger partial charge in [0.05, 0.1) is 18.9 Å². The van der Waals surface area contributed by atoms with Gasteiger partial charge in [-0.2, -0.15) is 0 Å². The lowest BCUT2D eigenvalue weighted by molar-refractivity contribution is -0.151. The summed E-state index contributed by atoms with van der Waals surface area (Å²) >= 11 is 0. The molecule has 1 rings (SSSR count). The number of allylic oxidation sites excluding steroid dienone is 3. The SMILES string of the molecule is COC(=O)CCC/C=C\CC1=C[C@H](O)CC1=NOC(CC(C)C)C(=O)O. The third-order valence-corrected chi connectivity index (χ3v) is 3.90. The summed E-state index contributed by atoms with van der Waals surface area (Å²) in [6, 6.07) is 0. The minimum absolute atomic E-state index is 0.174. The van der Waals surface area contributed by atoms with E-state index < -0.39 is 18.2 Å². The van der Waals surface area contributed by atoms with Crippen LogP contribution in [0.15, 0.2) is 29.0 Å².